The molecule has 0 saturated carbocycles. The van der Waals surface area contributed by atoms with Crippen LogP contribution in [-0.4, -0.2) is 72.4 Å². The number of hydrogen-bond acceptors (Lipinski definition) is 6. The first-order chi connectivity index (χ1) is 17.3. The van der Waals surface area contributed by atoms with Crippen LogP contribution in [0.4, 0.5) is 10.5 Å². The number of benzene rings is 1. The number of ether oxygens (including phenoxy) is 1. The number of hydrogen-bond donors (Lipinski definition) is 3. The molecule has 1 aromatic carbocycles. The van der Waals surface area contributed by atoms with Crippen LogP contribution in [0, 0.1) is 0 Å². The molecule has 1 heterocycles. The number of alkyl carbamates (subject to hydrolysis) is 1. The van der Waals surface area contributed by atoms with Gasteiger partial charge in [0, 0.05) is 18.8 Å². The third-order valence-electron chi connectivity index (χ3n) is 5.50. The van der Waals surface area contributed by atoms with Gasteiger partial charge in [-0.05, 0) is 64.7 Å². The fourth-order valence-corrected chi connectivity index (χ4v) is 4.22. The number of rotatable bonds is 10. The van der Waals surface area contributed by atoms with Crippen LogP contribution in [0.25, 0.3) is 0 Å². The average molecular weight is 557 g/mol. The summed E-state index contributed by atoms with van der Waals surface area (Å²) in [5, 5.41) is 2.93. The van der Waals surface area contributed by atoms with Gasteiger partial charge in [-0.3, -0.25) is 14.6 Å². The highest BCUT2D eigenvalue weighted by molar-refractivity contribution is 6.42. The maximum absolute atomic E-state index is 13.8. The molecule has 0 bridgehead atoms. The number of halogens is 2. The second-order valence-corrected chi connectivity index (χ2v) is 10.4. The molecule has 1 fully saturated rings. The van der Waals surface area contributed by atoms with Crippen molar-refractivity contribution in [2.24, 2.45) is 16.5 Å². The van der Waals surface area contributed by atoms with Crippen molar-refractivity contribution in [3.63, 3.8) is 0 Å². The number of nitrogens with one attached hydrogen (secondary N) is 1. The van der Waals surface area contributed by atoms with Gasteiger partial charge in [-0.25, -0.2) is 4.79 Å². The van der Waals surface area contributed by atoms with Crippen LogP contribution in [0.15, 0.2) is 23.2 Å². The van der Waals surface area contributed by atoms with Crippen LogP contribution in [0.5, 0.6) is 0 Å². The number of nitrogens with zero attached hydrogens (tertiary/aromatic N) is 3. The fourth-order valence-electron chi connectivity index (χ4n) is 3.93. The molecule has 37 heavy (non-hydrogen) atoms. The Hall–Kier alpha value is -3.05. The predicted octanol–water partition coefficient (Wildman–Crippen LogP) is 2.46. The van der Waals surface area contributed by atoms with Gasteiger partial charge in [-0.15, -0.1) is 0 Å². The number of likely N-dealkylation sites (tertiary alicyclic amines) is 1. The lowest BCUT2D eigenvalue weighted by Gasteiger charge is -2.34. The molecule has 1 saturated heterocycles. The summed E-state index contributed by atoms with van der Waals surface area (Å²) in [7, 11) is 0. The Morgan fingerprint density at radius 2 is 1.97 bits per heavy atom. The van der Waals surface area contributed by atoms with E-state index >= 15 is 0 Å². The van der Waals surface area contributed by atoms with Crippen molar-refractivity contribution in [1.82, 2.24) is 10.2 Å². The number of amides is 3. The van der Waals surface area contributed by atoms with E-state index in [9.17, 15) is 19.2 Å². The second kappa shape index (κ2) is 13.5. The molecule has 0 unspecified atom stereocenters. The molecule has 13 heteroatoms. The largest absolute Gasteiger partial charge is 0.444 e. The zero-order valence-electron chi connectivity index (χ0n) is 21.2. The zero-order chi connectivity index (χ0) is 27.8. The van der Waals surface area contributed by atoms with Gasteiger partial charge >= 0.3 is 6.09 Å². The maximum Gasteiger partial charge on any atom is 0.408 e. The van der Waals surface area contributed by atoms with E-state index in [1.807, 2.05) is 0 Å². The standard InChI is InChI=1S/C24H34Cl2N6O5/c1-24(2,3)37-23(36)30-13-20(34)31-11-5-7-19(31)21(35)32(15-8-9-17(25)18(26)12-15)16(14-33)6-4-10-29-22(27)28/h8-9,12,14,16,19H,4-7,10-11,13H2,1-3H3,(H,30,36)(H4,27,28,29)/t16-,19-/m0/s1. The summed E-state index contributed by atoms with van der Waals surface area (Å²) in [5.41, 5.74) is 10.4. The Morgan fingerprint density at radius 3 is 2.57 bits per heavy atom. The smallest absolute Gasteiger partial charge is 0.408 e. The van der Waals surface area contributed by atoms with Gasteiger partial charge in [-0.1, -0.05) is 23.2 Å². The molecular formula is C24H34Cl2N6O5. The molecule has 0 spiro atoms. The molecule has 0 aromatic heterocycles. The molecule has 1 aliphatic rings. The molecule has 0 aliphatic carbocycles. The van der Waals surface area contributed by atoms with Crippen LogP contribution >= 0.6 is 23.2 Å². The maximum atomic E-state index is 13.8. The molecule has 2 atom stereocenters. The minimum Gasteiger partial charge on any atom is -0.444 e. The topological polar surface area (TPSA) is 160 Å². The van der Waals surface area contributed by atoms with Crippen molar-refractivity contribution in [3.8, 4) is 0 Å². The van der Waals surface area contributed by atoms with Crippen molar-refractivity contribution < 1.29 is 23.9 Å². The summed E-state index contributed by atoms with van der Waals surface area (Å²) in [4.78, 5) is 57.6. The molecule has 204 valence electrons. The lowest BCUT2D eigenvalue weighted by atomic mass is 10.1. The minimum atomic E-state index is -0.864. The van der Waals surface area contributed by atoms with Crippen molar-refractivity contribution in [2.75, 3.05) is 24.5 Å². The van der Waals surface area contributed by atoms with Crippen molar-refractivity contribution in [2.45, 2.75) is 64.1 Å². The first-order valence-electron chi connectivity index (χ1n) is 11.9. The SMILES string of the molecule is CC(C)(C)OC(=O)NCC(=O)N1CCC[C@H]1C(=O)N(c1ccc(Cl)c(Cl)c1)[C@H](C=O)CCCN=C(N)N. The highest BCUT2D eigenvalue weighted by Gasteiger charge is 2.39. The first-order valence-corrected chi connectivity index (χ1v) is 12.6. The van der Waals surface area contributed by atoms with E-state index in [1.165, 1.54) is 21.9 Å². The molecule has 3 amide bonds. The highest BCUT2D eigenvalue weighted by Crippen LogP contribution is 2.31. The fraction of sp³-hybridized carbons (Fsp3) is 0.542. The van der Waals surface area contributed by atoms with Gasteiger partial charge in [0.2, 0.25) is 11.8 Å². The van der Waals surface area contributed by atoms with Gasteiger partial charge in [0.1, 0.15) is 24.5 Å². The van der Waals surface area contributed by atoms with E-state index in [2.05, 4.69) is 10.3 Å². The van der Waals surface area contributed by atoms with Gasteiger partial charge in [-0.2, -0.15) is 0 Å². The van der Waals surface area contributed by atoms with Crippen LogP contribution in [0.2, 0.25) is 10.0 Å². The Labute approximate surface area is 226 Å². The third kappa shape index (κ3) is 9.08. The van der Waals surface area contributed by atoms with Crippen LogP contribution in [0.1, 0.15) is 46.5 Å². The van der Waals surface area contributed by atoms with Crippen LogP contribution in [-0.2, 0) is 19.1 Å². The predicted molar refractivity (Wildman–Crippen MR) is 143 cm³/mol. The summed E-state index contributed by atoms with van der Waals surface area (Å²) < 4.78 is 5.17. The highest BCUT2D eigenvalue weighted by atomic mass is 35.5. The number of carbonyl (C=O) groups excluding carboxylic acids is 4. The van der Waals surface area contributed by atoms with E-state index in [4.69, 9.17) is 39.4 Å². The molecule has 1 aliphatic heterocycles. The van der Waals surface area contributed by atoms with Gasteiger partial charge in [0.05, 0.1) is 16.1 Å². The Balaban J connectivity index is 2.25. The molecule has 1 aromatic rings. The number of nitrogens with two attached hydrogens (primary N) is 2. The first kappa shape index (κ1) is 30.2. The zero-order valence-corrected chi connectivity index (χ0v) is 22.7. The summed E-state index contributed by atoms with van der Waals surface area (Å²) in [6, 6.07) is 2.92. The van der Waals surface area contributed by atoms with Crippen molar-refractivity contribution in [1.29, 1.82) is 0 Å². The summed E-state index contributed by atoms with van der Waals surface area (Å²) in [5.74, 6) is -0.952. The molecule has 0 radical (unpaired) electrons. The van der Waals surface area contributed by atoms with Crippen LogP contribution < -0.4 is 21.7 Å². The van der Waals surface area contributed by atoms with Crippen LogP contribution in [0.3, 0.4) is 0 Å². The van der Waals surface area contributed by atoms with E-state index in [1.54, 1.807) is 26.8 Å². The number of carbonyl (C=O) groups is 4. The lowest BCUT2D eigenvalue weighted by Crippen LogP contribution is -2.53. The number of guanidine groups is 1. The Kier molecular flexibility index (Phi) is 11.0. The summed E-state index contributed by atoms with van der Waals surface area (Å²) in [6.45, 7) is 5.41. The summed E-state index contributed by atoms with van der Waals surface area (Å²) in [6.07, 6.45) is 1.62. The Bertz CT molecular complexity index is 1030. The minimum absolute atomic E-state index is 0.0693. The van der Waals surface area contributed by atoms with E-state index in [0.717, 1.165) is 0 Å². The van der Waals surface area contributed by atoms with Crippen molar-refractivity contribution in [3.05, 3.63) is 28.2 Å². The molecular weight excluding hydrogens is 523 g/mol. The molecule has 5 N–H and O–H groups in total. The van der Waals surface area contributed by atoms with Gasteiger partial charge < -0.3 is 36.1 Å². The molecule has 11 nitrogen and oxygen atoms in total. The Morgan fingerprint density at radius 1 is 1.27 bits per heavy atom. The van der Waals surface area contributed by atoms with E-state index in [-0.39, 0.29) is 30.5 Å². The van der Waals surface area contributed by atoms with E-state index < -0.39 is 35.6 Å². The monoisotopic (exact) mass is 556 g/mol. The number of aldehydes is 1. The summed E-state index contributed by atoms with van der Waals surface area (Å²) >= 11 is 12.3. The molecule has 2 rings (SSSR count). The number of anilines is 1. The normalized spacial score (nSPS) is 16.0. The number of aliphatic imine (C=N–C) groups is 1. The van der Waals surface area contributed by atoms with Crippen molar-refractivity contribution >= 4 is 59.0 Å². The van der Waals surface area contributed by atoms with E-state index in [0.29, 0.717) is 42.8 Å². The third-order valence-corrected chi connectivity index (χ3v) is 6.24. The average Bonchev–Trinajstić information content (AvgIpc) is 3.30. The quantitative estimate of drug-likeness (QED) is 0.172. The second-order valence-electron chi connectivity index (χ2n) is 9.56. The van der Waals surface area contributed by atoms with Gasteiger partial charge in [0.25, 0.3) is 0 Å². The van der Waals surface area contributed by atoms with Gasteiger partial charge in [0.15, 0.2) is 5.96 Å². The lowest BCUT2D eigenvalue weighted by molar-refractivity contribution is -0.137.